The summed E-state index contributed by atoms with van der Waals surface area (Å²) in [5.41, 5.74) is 0.867. The Balaban J connectivity index is 2.21. The van der Waals surface area contributed by atoms with Crippen molar-refractivity contribution in [1.82, 2.24) is 0 Å². The lowest BCUT2D eigenvalue weighted by Crippen LogP contribution is -2.33. The van der Waals surface area contributed by atoms with Gasteiger partial charge in [-0.2, -0.15) is 0 Å². The number of rotatable bonds is 4. The normalized spacial score (nSPS) is 17.7. The van der Waals surface area contributed by atoms with Crippen molar-refractivity contribution >= 4 is 31.3 Å². The fourth-order valence-corrected chi connectivity index (χ4v) is 4.25. The summed E-state index contributed by atoms with van der Waals surface area (Å²) in [6, 6.07) is 4.66. The molecule has 1 aromatic rings. The molecule has 1 aliphatic carbocycles. The first kappa shape index (κ1) is 16.3. The van der Waals surface area contributed by atoms with Crippen LogP contribution in [0.4, 0.5) is 5.69 Å². The highest BCUT2D eigenvalue weighted by molar-refractivity contribution is 8.13. The van der Waals surface area contributed by atoms with Gasteiger partial charge in [-0.15, -0.1) is 0 Å². The van der Waals surface area contributed by atoms with E-state index in [0.29, 0.717) is 11.3 Å². The monoisotopic (exact) mass is 329 g/mol. The molecule has 21 heavy (non-hydrogen) atoms. The quantitative estimate of drug-likeness (QED) is 0.854. The van der Waals surface area contributed by atoms with Gasteiger partial charge in [-0.1, -0.05) is 19.8 Å². The Morgan fingerprint density at radius 2 is 1.95 bits per heavy atom. The number of amides is 1. The van der Waals surface area contributed by atoms with Crippen molar-refractivity contribution in [3.63, 3.8) is 0 Å². The van der Waals surface area contributed by atoms with Crippen LogP contribution in [-0.4, -0.2) is 14.3 Å². The van der Waals surface area contributed by atoms with Crippen LogP contribution >= 0.6 is 10.7 Å². The van der Waals surface area contributed by atoms with Gasteiger partial charge in [0.2, 0.25) is 5.91 Å². The molecular weight excluding hydrogens is 310 g/mol. The maximum absolute atomic E-state index is 12.5. The molecule has 1 aromatic carbocycles. The number of hydrogen-bond donors (Lipinski definition) is 1. The van der Waals surface area contributed by atoms with Crippen LogP contribution in [0.1, 0.15) is 44.6 Å². The topological polar surface area (TPSA) is 63.2 Å². The zero-order chi connectivity index (χ0) is 15.7. The maximum Gasteiger partial charge on any atom is 0.261 e. The lowest BCUT2D eigenvalue weighted by atomic mass is 9.82. The van der Waals surface area contributed by atoms with E-state index in [9.17, 15) is 13.2 Å². The summed E-state index contributed by atoms with van der Waals surface area (Å²) in [5.74, 6) is 0.0309. The third-order valence-corrected chi connectivity index (χ3v) is 5.90. The van der Waals surface area contributed by atoms with E-state index in [1.54, 1.807) is 19.1 Å². The molecule has 0 saturated heterocycles. The molecule has 0 atom stereocenters. The molecule has 6 heteroatoms. The highest BCUT2D eigenvalue weighted by Gasteiger charge is 2.39. The number of anilines is 1. The zero-order valence-electron chi connectivity index (χ0n) is 12.3. The van der Waals surface area contributed by atoms with Crippen molar-refractivity contribution < 1.29 is 13.2 Å². The van der Waals surface area contributed by atoms with Crippen molar-refractivity contribution in [3.05, 3.63) is 23.8 Å². The van der Waals surface area contributed by atoms with Gasteiger partial charge in [0.25, 0.3) is 9.05 Å². The Morgan fingerprint density at radius 3 is 2.43 bits per heavy atom. The number of hydrogen-bond acceptors (Lipinski definition) is 3. The van der Waals surface area contributed by atoms with E-state index in [2.05, 4.69) is 5.32 Å². The van der Waals surface area contributed by atoms with E-state index >= 15 is 0 Å². The van der Waals surface area contributed by atoms with Gasteiger partial charge >= 0.3 is 0 Å². The number of benzene rings is 1. The molecule has 0 heterocycles. The Kier molecular flexibility index (Phi) is 4.63. The summed E-state index contributed by atoms with van der Waals surface area (Å²) in [7, 11) is 1.60. The molecule has 4 nitrogen and oxygen atoms in total. The average Bonchev–Trinajstić information content (AvgIpc) is 2.87. The Labute approximate surface area is 130 Å². The summed E-state index contributed by atoms with van der Waals surface area (Å²) < 4.78 is 22.7. The van der Waals surface area contributed by atoms with Crippen LogP contribution in [0.2, 0.25) is 0 Å². The lowest BCUT2D eigenvalue weighted by molar-refractivity contribution is -0.125. The van der Waals surface area contributed by atoms with Gasteiger partial charge in [0, 0.05) is 21.8 Å². The Morgan fingerprint density at radius 1 is 1.33 bits per heavy atom. The fourth-order valence-electron chi connectivity index (χ4n) is 3.06. The van der Waals surface area contributed by atoms with Crippen LogP contribution in [-0.2, 0) is 13.8 Å². The number of carbonyl (C=O) groups is 1. The molecule has 0 spiro atoms. The molecule has 1 saturated carbocycles. The number of carbonyl (C=O) groups excluding carboxylic acids is 1. The number of nitrogens with one attached hydrogen (secondary N) is 1. The second-order valence-electron chi connectivity index (χ2n) is 5.71. The van der Waals surface area contributed by atoms with Crippen LogP contribution < -0.4 is 5.32 Å². The summed E-state index contributed by atoms with van der Waals surface area (Å²) >= 11 is 0. The van der Waals surface area contributed by atoms with E-state index in [0.717, 1.165) is 32.1 Å². The van der Waals surface area contributed by atoms with Gasteiger partial charge in [-0.25, -0.2) is 8.42 Å². The summed E-state index contributed by atoms with van der Waals surface area (Å²) in [4.78, 5) is 12.6. The smallest absolute Gasteiger partial charge is 0.261 e. The van der Waals surface area contributed by atoms with Gasteiger partial charge in [0.1, 0.15) is 0 Å². The van der Waals surface area contributed by atoms with Crippen LogP contribution in [0, 0.1) is 12.3 Å². The van der Waals surface area contributed by atoms with Gasteiger partial charge in [0.05, 0.1) is 4.90 Å². The van der Waals surface area contributed by atoms with E-state index in [-0.39, 0.29) is 16.2 Å². The molecule has 1 aliphatic rings. The lowest BCUT2D eigenvalue weighted by Gasteiger charge is -2.26. The van der Waals surface area contributed by atoms with E-state index in [1.165, 1.54) is 6.07 Å². The molecule has 0 aromatic heterocycles. The summed E-state index contributed by atoms with van der Waals surface area (Å²) in [6.07, 6.45) is 4.84. The van der Waals surface area contributed by atoms with Crippen molar-refractivity contribution in [2.45, 2.75) is 50.8 Å². The van der Waals surface area contributed by atoms with Gasteiger partial charge < -0.3 is 5.32 Å². The van der Waals surface area contributed by atoms with Crippen molar-refractivity contribution in [2.75, 3.05) is 5.32 Å². The summed E-state index contributed by atoms with van der Waals surface area (Å²) in [5, 5.41) is 2.92. The molecule has 0 unspecified atom stereocenters. The van der Waals surface area contributed by atoms with Gasteiger partial charge in [-0.05, 0) is 49.9 Å². The number of aryl methyl sites for hydroxylation is 1. The molecule has 1 amide bonds. The standard InChI is InChI=1S/C15H20ClNO3S/c1-3-15(8-4-5-9-15)14(18)17-12-6-7-13(11(2)10-12)21(16,19)20/h6-7,10H,3-5,8-9H2,1-2H3,(H,17,18). The molecule has 0 radical (unpaired) electrons. The Hall–Kier alpha value is -1.07. The van der Waals surface area contributed by atoms with E-state index < -0.39 is 9.05 Å². The highest BCUT2D eigenvalue weighted by atomic mass is 35.7. The van der Waals surface area contributed by atoms with Crippen molar-refractivity contribution in [3.8, 4) is 0 Å². The predicted molar refractivity (Wildman–Crippen MR) is 84.0 cm³/mol. The third-order valence-electron chi connectivity index (χ3n) is 4.41. The second kappa shape index (κ2) is 5.97. The molecule has 0 aliphatic heterocycles. The van der Waals surface area contributed by atoms with Crippen LogP contribution in [0.15, 0.2) is 23.1 Å². The van der Waals surface area contributed by atoms with Crippen LogP contribution in [0.25, 0.3) is 0 Å². The van der Waals surface area contributed by atoms with Crippen molar-refractivity contribution in [2.24, 2.45) is 5.41 Å². The van der Waals surface area contributed by atoms with Crippen LogP contribution in [0.5, 0.6) is 0 Å². The Bertz CT molecular complexity index is 649. The third kappa shape index (κ3) is 3.40. The first-order valence-corrected chi connectivity index (χ1v) is 9.46. The highest BCUT2D eigenvalue weighted by Crippen LogP contribution is 2.41. The maximum atomic E-state index is 12.5. The molecule has 2 rings (SSSR count). The predicted octanol–water partition coefficient (Wildman–Crippen LogP) is 3.83. The SMILES string of the molecule is CCC1(C(=O)Nc2ccc(S(=O)(=O)Cl)c(C)c2)CCCC1. The molecule has 1 N–H and O–H groups in total. The van der Waals surface area contributed by atoms with E-state index in [1.807, 2.05) is 6.92 Å². The minimum absolute atomic E-state index is 0.0309. The van der Waals surface area contributed by atoms with E-state index in [4.69, 9.17) is 10.7 Å². The minimum Gasteiger partial charge on any atom is -0.326 e. The second-order valence-corrected chi connectivity index (χ2v) is 8.25. The largest absolute Gasteiger partial charge is 0.326 e. The molecule has 0 bridgehead atoms. The summed E-state index contributed by atoms with van der Waals surface area (Å²) in [6.45, 7) is 3.70. The average molecular weight is 330 g/mol. The first-order valence-electron chi connectivity index (χ1n) is 7.15. The van der Waals surface area contributed by atoms with Crippen LogP contribution in [0.3, 0.4) is 0 Å². The zero-order valence-corrected chi connectivity index (χ0v) is 13.9. The number of halogens is 1. The van der Waals surface area contributed by atoms with Gasteiger partial charge in [-0.3, -0.25) is 4.79 Å². The molecule has 116 valence electrons. The van der Waals surface area contributed by atoms with Crippen molar-refractivity contribution in [1.29, 1.82) is 0 Å². The molecule has 1 fully saturated rings. The first-order chi connectivity index (χ1) is 9.78. The fraction of sp³-hybridized carbons (Fsp3) is 0.533. The minimum atomic E-state index is -3.75. The molecular formula is C15H20ClNO3S. The van der Waals surface area contributed by atoms with Gasteiger partial charge in [0.15, 0.2) is 0 Å².